The zero-order chi connectivity index (χ0) is 29.1. The van der Waals surface area contributed by atoms with Crippen molar-refractivity contribution in [2.45, 2.75) is 33.2 Å². The summed E-state index contributed by atoms with van der Waals surface area (Å²) < 4.78 is 63.5. The molecule has 6 nitrogen and oxygen atoms in total. The molecule has 3 aromatic rings. The molecule has 14 heteroatoms. The fourth-order valence-electron chi connectivity index (χ4n) is 4.60. The summed E-state index contributed by atoms with van der Waals surface area (Å²) in [6, 6.07) is 12.3. The molecule has 2 aliphatic heterocycles. The first-order valence-electron chi connectivity index (χ1n) is 11.6. The number of carbonyl (C=O) groups excluding carboxylic acids is 1. The molecule has 1 saturated heterocycles. The Hall–Kier alpha value is -4.23. The first kappa shape index (κ1) is 33.8. The first-order chi connectivity index (χ1) is 18.9. The van der Waals surface area contributed by atoms with Crippen molar-refractivity contribution in [3.8, 4) is 5.69 Å². The highest BCUT2D eigenvalue weighted by atomic mass is 20.0. The number of guanidine groups is 1. The minimum Gasteiger partial charge on any atom is -0.342 e. The molecule has 0 saturated carbocycles. The highest BCUT2D eigenvalue weighted by Gasteiger charge is 2.41. The average molecular weight is 578 g/mol. The van der Waals surface area contributed by atoms with Gasteiger partial charge in [0.05, 0.1) is 18.1 Å². The van der Waals surface area contributed by atoms with Gasteiger partial charge in [-0.1, -0.05) is 18.2 Å². The van der Waals surface area contributed by atoms with Crippen LogP contribution in [0.4, 0.5) is 36.5 Å². The molecular formula is C26H27F8N5O. The molecule has 2 aromatic carbocycles. The summed E-state index contributed by atoms with van der Waals surface area (Å²) in [4.78, 5) is 26.4. The Bertz CT molecular complexity index is 1300. The van der Waals surface area contributed by atoms with E-state index in [2.05, 4.69) is 22.9 Å². The zero-order valence-corrected chi connectivity index (χ0v) is 21.7. The van der Waals surface area contributed by atoms with Crippen LogP contribution in [0.3, 0.4) is 0 Å². The van der Waals surface area contributed by atoms with Crippen molar-refractivity contribution >= 4 is 17.9 Å². The SMILES string of the molecule is CCN1CC[C@H](c2ccc(F)cc2)N2C(=O)/C(=C/c3ccc(-n4cnc(C)c4)c(C)c3)N=C12.F.FF.FF.FF. The number of amides is 1. The van der Waals surface area contributed by atoms with E-state index in [1.807, 2.05) is 42.8 Å². The summed E-state index contributed by atoms with van der Waals surface area (Å²) in [5, 5.41) is 0. The summed E-state index contributed by atoms with van der Waals surface area (Å²) in [5.41, 5.74) is 5.35. The Balaban J connectivity index is 0.00000107. The molecule has 1 aromatic heterocycles. The molecule has 218 valence electrons. The van der Waals surface area contributed by atoms with Crippen LogP contribution in [0.25, 0.3) is 11.8 Å². The summed E-state index contributed by atoms with van der Waals surface area (Å²) in [7, 11) is 0. The van der Waals surface area contributed by atoms with Crippen molar-refractivity contribution < 1.29 is 41.3 Å². The van der Waals surface area contributed by atoms with E-state index in [-0.39, 0.29) is 22.5 Å². The van der Waals surface area contributed by atoms with Crippen LogP contribution in [0.2, 0.25) is 0 Å². The average Bonchev–Trinajstić information content (AvgIpc) is 3.55. The van der Waals surface area contributed by atoms with Crippen LogP contribution in [0.1, 0.15) is 41.8 Å². The number of halogens is 8. The van der Waals surface area contributed by atoms with Crippen LogP contribution in [-0.2, 0) is 4.79 Å². The second-order valence-electron chi connectivity index (χ2n) is 8.52. The maximum Gasteiger partial charge on any atom is 0.279 e. The Morgan fingerprint density at radius 2 is 1.65 bits per heavy atom. The summed E-state index contributed by atoms with van der Waals surface area (Å²) in [6.07, 6.45) is 6.41. The molecule has 40 heavy (non-hydrogen) atoms. The smallest absolute Gasteiger partial charge is 0.279 e. The third-order valence-electron chi connectivity index (χ3n) is 6.29. The molecule has 5 rings (SSSR count). The first-order valence-corrected chi connectivity index (χ1v) is 11.6. The minimum atomic E-state index is -0.281. The Morgan fingerprint density at radius 3 is 2.20 bits per heavy atom. The number of aryl methyl sites for hydroxylation is 2. The second kappa shape index (κ2) is 16.0. The van der Waals surface area contributed by atoms with Gasteiger partial charge in [0.15, 0.2) is 0 Å². The van der Waals surface area contributed by atoms with E-state index in [0.717, 1.165) is 47.6 Å². The molecule has 1 amide bonds. The van der Waals surface area contributed by atoms with E-state index in [0.29, 0.717) is 11.7 Å². The Kier molecular flexibility index (Phi) is 13.5. The van der Waals surface area contributed by atoms with Gasteiger partial charge in [-0.25, -0.2) is 14.4 Å². The lowest BCUT2D eigenvalue weighted by Gasteiger charge is -2.40. The second-order valence-corrected chi connectivity index (χ2v) is 8.52. The summed E-state index contributed by atoms with van der Waals surface area (Å²) in [5.74, 6) is 0.276. The van der Waals surface area contributed by atoms with Crippen LogP contribution in [0, 0.1) is 19.7 Å². The highest BCUT2D eigenvalue weighted by molar-refractivity contribution is 6.14. The van der Waals surface area contributed by atoms with Gasteiger partial charge in [0.25, 0.3) is 5.91 Å². The summed E-state index contributed by atoms with van der Waals surface area (Å²) in [6.45, 7) is 7.63. The Labute approximate surface area is 225 Å². The predicted octanol–water partition coefficient (Wildman–Crippen LogP) is 7.31. The fraction of sp³-hybridized carbons (Fsp3) is 0.269. The molecule has 2 aliphatic rings. The van der Waals surface area contributed by atoms with Crippen LogP contribution >= 0.6 is 0 Å². The quantitative estimate of drug-likeness (QED) is 0.242. The van der Waals surface area contributed by atoms with Crippen molar-refractivity contribution in [3.05, 3.63) is 88.9 Å². The van der Waals surface area contributed by atoms with Crippen molar-refractivity contribution in [2.75, 3.05) is 13.1 Å². The van der Waals surface area contributed by atoms with Gasteiger partial charge in [0.1, 0.15) is 11.5 Å². The monoisotopic (exact) mass is 577 g/mol. The number of benzene rings is 2. The molecule has 0 radical (unpaired) electrons. The van der Waals surface area contributed by atoms with Crippen molar-refractivity contribution in [3.63, 3.8) is 0 Å². The Morgan fingerprint density at radius 1 is 1.00 bits per heavy atom. The molecule has 1 fully saturated rings. The maximum atomic E-state index is 13.5. The standard InChI is InChI=1S/C26H26FN5O.3F2.FH/c1-4-30-12-11-24(20-6-8-21(27)9-7-20)32-25(33)22(29-26(30)32)14-19-5-10-23(17(2)13-19)31-15-18(3)28-16-31;3*1-2;/h5-10,13-16,24H,4,11-12H2,1-3H3;;;;1H/b22-14-;;;;/t24-;;;;/m1..../s1. The molecule has 1 atom stereocenters. The van der Waals surface area contributed by atoms with Gasteiger partial charge in [-0.15, -0.1) is 0 Å². The van der Waals surface area contributed by atoms with E-state index in [1.165, 1.54) is 12.1 Å². The third-order valence-corrected chi connectivity index (χ3v) is 6.29. The normalized spacial score (nSPS) is 16.4. The van der Waals surface area contributed by atoms with Crippen LogP contribution in [-0.4, -0.2) is 44.3 Å². The summed E-state index contributed by atoms with van der Waals surface area (Å²) >= 11 is 0. The van der Waals surface area contributed by atoms with Gasteiger partial charge in [-0.05, 0) is 74.2 Å². The molecule has 0 N–H and O–H groups in total. The van der Waals surface area contributed by atoms with E-state index < -0.39 is 0 Å². The van der Waals surface area contributed by atoms with Crippen LogP contribution < -0.4 is 0 Å². The van der Waals surface area contributed by atoms with Crippen molar-refractivity contribution in [2.24, 2.45) is 4.99 Å². The third kappa shape index (κ3) is 7.24. The molecular weight excluding hydrogens is 550 g/mol. The van der Waals surface area contributed by atoms with E-state index >= 15 is 0 Å². The van der Waals surface area contributed by atoms with E-state index in [4.69, 9.17) is 32.4 Å². The van der Waals surface area contributed by atoms with Gasteiger partial charge in [0, 0.05) is 52.4 Å². The van der Waals surface area contributed by atoms with Gasteiger partial charge < -0.3 is 9.47 Å². The highest BCUT2D eigenvalue weighted by Crippen LogP contribution is 2.35. The van der Waals surface area contributed by atoms with Crippen LogP contribution in [0.5, 0.6) is 0 Å². The molecule has 0 unspecified atom stereocenters. The maximum absolute atomic E-state index is 13.5. The lowest BCUT2D eigenvalue weighted by molar-refractivity contribution is -0.125. The molecule has 3 heterocycles. The number of hydrogen-bond acceptors (Lipinski definition) is 4. The molecule has 0 aliphatic carbocycles. The fourth-order valence-corrected chi connectivity index (χ4v) is 4.60. The predicted molar refractivity (Wildman–Crippen MR) is 135 cm³/mol. The topological polar surface area (TPSA) is 53.7 Å². The number of hydrogen-bond donors (Lipinski definition) is 0. The number of rotatable bonds is 4. The minimum absolute atomic E-state index is 0. The number of fused-ring (bicyclic) bond motifs is 1. The number of carbonyl (C=O) groups is 1. The van der Waals surface area contributed by atoms with Crippen molar-refractivity contribution in [1.82, 2.24) is 19.4 Å². The van der Waals surface area contributed by atoms with Gasteiger partial charge in [-0.3, -0.25) is 14.4 Å². The zero-order valence-electron chi connectivity index (χ0n) is 21.7. The lowest BCUT2D eigenvalue weighted by atomic mass is 9.99. The van der Waals surface area contributed by atoms with Crippen LogP contribution in [0.15, 0.2) is 65.7 Å². The number of aliphatic imine (C=N–C) groups is 1. The van der Waals surface area contributed by atoms with E-state index in [1.54, 1.807) is 23.4 Å². The lowest BCUT2D eigenvalue weighted by Crippen LogP contribution is -2.51. The van der Waals surface area contributed by atoms with Gasteiger partial charge in [-0.2, -0.15) is 0 Å². The van der Waals surface area contributed by atoms with Gasteiger partial charge in [0.2, 0.25) is 5.96 Å². The number of nitrogens with zero attached hydrogens (tertiary/aromatic N) is 5. The molecule has 0 bridgehead atoms. The number of aromatic nitrogens is 2. The molecule has 0 spiro atoms. The largest absolute Gasteiger partial charge is 0.342 e. The van der Waals surface area contributed by atoms with Gasteiger partial charge >= 0.3 is 0 Å². The van der Waals surface area contributed by atoms with E-state index in [9.17, 15) is 9.18 Å². The number of imidazole rings is 1. The van der Waals surface area contributed by atoms with Crippen molar-refractivity contribution in [1.29, 1.82) is 0 Å².